The highest BCUT2D eigenvalue weighted by molar-refractivity contribution is 5.94. The number of aromatic hydroxyl groups is 1. The molecule has 1 fully saturated rings. The molecule has 1 heterocycles. The molecule has 2 aromatic carbocycles. The lowest BCUT2D eigenvalue weighted by Gasteiger charge is -2.34. The number of halogens is 1. The Morgan fingerprint density at radius 2 is 1.79 bits per heavy atom. The van der Waals surface area contributed by atoms with E-state index in [0.717, 1.165) is 5.56 Å². The van der Waals surface area contributed by atoms with Crippen molar-refractivity contribution in [3.63, 3.8) is 0 Å². The van der Waals surface area contributed by atoms with E-state index in [2.05, 4.69) is 15.5 Å². The normalized spacial score (nSPS) is 16.2. The summed E-state index contributed by atoms with van der Waals surface area (Å²) < 4.78 is 13.0. The number of carbonyl (C=O) groups is 2. The Hall–Kier alpha value is -2.93. The van der Waals surface area contributed by atoms with Crippen LogP contribution in [0.15, 0.2) is 48.5 Å². The number of piperidine rings is 1. The molecule has 2 amide bonds. The molecule has 3 N–H and O–H groups in total. The number of benzene rings is 2. The van der Waals surface area contributed by atoms with E-state index in [1.807, 2.05) is 6.92 Å². The molecule has 154 valence electrons. The van der Waals surface area contributed by atoms with Crippen LogP contribution in [-0.2, 0) is 16.1 Å². The third kappa shape index (κ3) is 5.54. The molecule has 0 unspecified atom stereocenters. The van der Waals surface area contributed by atoms with Crippen LogP contribution < -0.4 is 10.6 Å². The number of anilines is 1. The number of phenols is 1. The molecule has 0 saturated carbocycles. The summed E-state index contributed by atoms with van der Waals surface area (Å²) in [7, 11) is 0. The molecule has 0 spiro atoms. The van der Waals surface area contributed by atoms with Gasteiger partial charge in [-0.2, -0.15) is 0 Å². The summed E-state index contributed by atoms with van der Waals surface area (Å²) in [5.41, 5.74) is 1.25. The van der Waals surface area contributed by atoms with Crippen molar-refractivity contribution in [2.75, 3.05) is 18.4 Å². The number of rotatable bonds is 6. The second-order valence-corrected chi connectivity index (χ2v) is 7.34. The van der Waals surface area contributed by atoms with Gasteiger partial charge in [-0.15, -0.1) is 0 Å². The molecule has 2 aromatic rings. The number of amides is 2. The summed E-state index contributed by atoms with van der Waals surface area (Å²) in [5.74, 6) is -0.612. The summed E-state index contributed by atoms with van der Waals surface area (Å²) in [4.78, 5) is 27.0. The number of phenolic OH excluding ortho intramolecular Hbond substituents is 1. The molecule has 0 radical (unpaired) electrons. The average Bonchev–Trinajstić information content (AvgIpc) is 2.74. The van der Waals surface area contributed by atoms with Gasteiger partial charge in [-0.3, -0.25) is 14.5 Å². The van der Waals surface area contributed by atoms with Crippen molar-refractivity contribution in [2.45, 2.75) is 32.4 Å². The van der Waals surface area contributed by atoms with Crippen LogP contribution in [0.1, 0.15) is 25.3 Å². The van der Waals surface area contributed by atoms with Crippen LogP contribution >= 0.6 is 0 Å². The second kappa shape index (κ2) is 9.52. The van der Waals surface area contributed by atoms with Crippen LogP contribution in [0.2, 0.25) is 0 Å². The number of likely N-dealkylation sites (tertiary alicyclic amines) is 1. The van der Waals surface area contributed by atoms with Crippen molar-refractivity contribution in [1.82, 2.24) is 10.2 Å². The van der Waals surface area contributed by atoms with E-state index in [1.165, 1.54) is 18.2 Å². The van der Waals surface area contributed by atoms with E-state index in [9.17, 15) is 19.1 Å². The minimum atomic E-state index is -0.308. The molecule has 0 aliphatic carbocycles. The minimum Gasteiger partial charge on any atom is -0.506 e. The van der Waals surface area contributed by atoms with Gasteiger partial charge in [-0.1, -0.05) is 24.3 Å². The molecular weight excluding hydrogens is 373 g/mol. The third-order valence-electron chi connectivity index (χ3n) is 5.37. The van der Waals surface area contributed by atoms with Crippen molar-refractivity contribution in [2.24, 2.45) is 5.92 Å². The van der Waals surface area contributed by atoms with Gasteiger partial charge in [0, 0.05) is 12.5 Å². The molecule has 7 heteroatoms. The summed E-state index contributed by atoms with van der Waals surface area (Å²) in [6.45, 7) is 3.49. The van der Waals surface area contributed by atoms with Crippen LogP contribution in [0, 0.1) is 11.7 Å². The maximum atomic E-state index is 13.0. The van der Waals surface area contributed by atoms with Gasteiger partial charge < -0.3 is 15.7 Å². The molecule has 0 aromatic heterocycles. The lowest BCUT2D eigenvalue weighted by atomic mass is 9.94. The first-order valence-corrected chi connectivity index (χ1v) is 9.79. The Balaban J connectivity index is 1.45. The van der Waals surface area contributed by atoms with Crippen molar-refractivity contribution < 1.29 is 19.1 Å². The number of nitrogens with zero attached hydrogens (tertiary/aromatic N) is 1. The van der Waals surface area contributed by atoms with E-state index in [4.69, 9.17) is 0 Å². The Labute approximate surface area is 169 Å². The van der Waals surface area contributed by atoms with E-state index in [-0.39, 0.29) is 35.3 Å². The smallest absolute Gasteiger partial charge is 0.237 e. The highest BCUT2D eigenvalue weighted by Crippen LogP contribution is 2.25. The summed E-state index contributed by atoms with van der Waals surface area (Å²) >= 11 is 0. The zero-order valence-corrected chi connectivity index (χ0v) is 16.4. The van der Waals surface area contributed by atoms with E-state index in [0.29, 0.717) is 38.2 Å². The van der Waals surface area contributed by atoms with Crippen LogP contribution in [0.4, 0.5) is 10.1 Å². The van der Waals surface area contributed by atoms with Crippen LogP contribution in [0.3, 0.4) is 0 Å². The fourth-order valence-corrected chi connectivity index (χ4v) is 3.47. The number of hydrogen-bond donors (Lipinski definition) is 3. The zero-order chi connectivity index (χ0) is 20.8. The third-order valence-corrected chi connectivity index (χ3v) is 5.37. The van der Waals surface area contributed by atoms with Gasteiger partial charge >= 0.3 is 0 Å². The zero-order valence-electron chi connectivity index (χ0n) is 16.4. The lowest BCUT2D eigenvalue weighted by molar-refractivity contribution is -0.127. The Bertz CT molecular complexity index is 849. The van der Waals surface area contributed by atoms with Crippen molar-refractivity contribution in [3.05, 3.63) is 59.9 Å². The van der Waals surface area contributed by atoms with Crippen molar-refractivity contribution in [1.29, 1.82) is 0 Å². The minimum absolute atomic E-state index is 0.0460. The standard InChI is InChI=1S/C22H26FN3O3/c1-15(21(28)24-14-16-6-8-18(23)9-7-16)26-12-10-17(11-13-26)22(29)25-19-4-2-3-5-20(19)27/h2-9,15,17,27H,10-14H2,1H3,(H,24,28)(H,25,29)/t15-/m1/s1. The second-order valence-electron chi connectivity index (χ2n) is 7.34. The molecule has 1 aliphatic rings. The summed E-state index contributed by atoms with van der Waals surface area (Å²) in [5, 5.41) is 15.4. The monoisotopic (exact) mass is 399 g/mol. The number of carbonyl (C=O) groups excluding carboxylic acids is 2. The van der Waals surface area contributed by atoms with Crippen LogP contribution in [0.25, 0.3) is 0 Å². The number of nitrogens with one attached hydrogen (secondary N) is 2. The topological polar surface area (TPSA) is 81.7 Å². The van der Waals surface area contributed by atoms with Gasteiger partial charge in [0.15, 0.2) is 0 Å². The maximum absolute atomic E-state index is 13.0. The SMILES string of the molecule is C[C@H](C(=O)NCc1ccc(F)cc1)N1CCC(C(=O)Nc2ccccc2O)CC1. The molecule has 6 nitrogen and oxygen atoms in total. The van der Waals surface area contributed by atoms with Gasteiger partial charge in [-0.25, -0.2) is 4.39 Å². The Kier molecular flexibility index (Phi) is 6.82. The highest BCUT2D eigenvalue weighted by atomic mass is 19.1. The molecular formula is C22H26FN3O3. The first kappa shape index (κ1) is 20.8. The maximum Gasteiger partial charge on any atom is 0.237 e. The van der Waals surface area contributed by atoms with Gasteiger partial charge in [-0.05, 0) is 62.7 Å². The van der Waals surface area contributed by atoms with Crippen molar-refractivity contribution in [3.8, 4) is 5.75 Å². The van der Waals surface area contributed by atoms with Gasteiger partial charge in [0.05, 0.1) is 11.7 Å². The number of hydrogen-bond acceptors (Lipinski definition) is 4. The Morgan fingerprint density at radius 3 is 2.45 bits per heavy atom. The van der Waals surface area contributed by atoms with E-state index in [1.54, 1.807) is 30.3 Å². The van der Waals surface area contributed by atoms with Gasteiger partial charge in [0.1, 0.15) is 11.6 Å². The molecule has 1 aliphatic heterocycles. The molecule has 1 saturated heterocycles. The quantitative estimate of drug-likeness (QED) is 0.653. The summed E-state index contributed by atoms with van der Waals surface area (Å²) in [6, 6.07) is 12.4. The predicted molar refractivity (Wildman–Crippen MR) is 109 cm³/mol. The van der Waals surface area contributed by atoms with Crippen LogP contribution in [0.5, 0.6) is 5.75 Å². The summed E-state index contributed by atoms with van der Waals surface area (Å²) in [6.07, 6.45) is 1.30. The van der Waals surface area contributed by atoms with Gasteiger partial charge in [0.2, 0.25) is 11.8 Å². The largest absolute Gasteiger partial charge is 0.506 e. The molecule has 1 atom stereocenters. The highest BCUT2D eigenvalue weighted by Gasteiger charge is 2.29. The first-order valence-electron chi connectivity index (χ1n) is 9.79. The van der Waals surface area contributed by atoms with E-state index >= 15 is 0 Å². The van der Waals surface area contributed by atoms with Gasteiger partial charge in [0.25, 0.3) is 0 Å². The number of para-hydroxylation sites is 2. The van der Waals surface area contributed by atoms with Crippen LogP contribution in [-0.4, -0.2) is 41.0 Å². The predicted octanol–water partition coefficient (Wildman–Crippen LogP) is 2.89. The molecule has 0 bridgehead atoms. The molecule has 29 heavy (non-hydrogen) atoms. The van der Waals surface area contributed by atoms with Crippen molar-refractivity contribution >= 4 is 17.5 Å². The van der Waals surface area contributed by atoms with E-state index < -0.39 is 0 Å². The Morgan fingerprint density at radius 1 is 1.14 bits per heavy atom. The average molecular weight is 399 g/mol. The fourth-order valence-electron chi connectivity index (χ4n) is 3.47. The lowest BCUT2D eigenvalue weighted by Crippen LogP contribution is -2.49. The first-order chi connectivity index (χ1) is 13.9. The fraction of sp³-hybridized carbons (Fsp3) is 0.364. The molecule has 3 rings (SSSR count).